The van der Waals surface area contributed by atoms with Crippen molar-refractivity contribution < 1.29 is 9.53 Å². The Morgan fingerprint density at radius 2 is 1.57 bits per heavy atom. The van der Waals surface area contributed by atoms with Gasteiger partial charge in [0, 0.05) is 51.6 Å². The molecule has 1 heterocycles. The van der Waals surface area contributed by atoms with Gasteiger partial charge < -0.3 is 26.1 Å². The fourth-order valence-electron chi connectivity index (χ4n) is 4.45. The number of anilines is 4. The zero-order valence-electron chi connectivity index (χ0n) is 26.6. The smallest absolute Gasteiger partial charge is 0.324 e. The molecule has 0 spiro atoms. The Labute approximate surface area is 270 Å². The fourth-order valence-corrected chi connectivity index (χ4v) is 5.23. The minimum atomic E-state index is -0.448. The van der Waals surface area contributed by atoms with E-state index in [1.807, 2.05) is 87.5 Å². The first-order valence-corrected chi connectivity index (χ1v) is 17.1. The highest BCUT2D eigenvalue weighted by molar-refractivity contribution is 7.64. The molecule has 0 radical (unpaired) electrons. The summed E-state index contributed by atoms with van der Waals surface area (Å²) in [7, 11) is -0.293. The molecule has 0 saturated heterocycles. The Morgan fingerprint density at radius 1 is 0.848 bits per heavy atom. The summed E-state index contributed by atoms with van der Waals surface area (Å²) in [4.78, 5) is 22.2. The topological polar surface area (TPSA) is 124 Å². The Morgan fingerprint density at radius 3 is 2.30 bits per heavy atom. The molecule has 0 fully saturated rings. The molecule has 5 aromatic rings. The second kappa shape index (κ2) is 14.2. The first-order chi connectivity index (χ1) is 22.0. The van der Waals surface area contributed by atoms with E-state index in [9.17, 15) is 4.79 Å². The second-order valence-corrected chi connectivity index (χ2v) is 14.1. The fraction of sp³-hybridized carbons (Fsp3) is 0.167. The molecule has 4 aromatic carbocycles. The average molecular weight is 632 g/mol. The molecule has 1 aromatic heterocycles. The van der Waals surface area contributed by atoms with Gasteiger partial charge in [0.1, 0.15) is 11.6 Å². The molecule has 9 nitrogen and oxygen atoms in total. The van der Waals surface area contributed by atoms with Crippen molar-refractivity contribution in [3.05, 3.63) is 115 Å². The zero-order valence-corrected chi connectivity index (χ0v) is 27.4. The minimum absolute atomic E-state index is 0.293. The van der Waals surface area contributed by atoms with Gasteiger partial charge >= 0.3 is 6.03 Å². The average Bonchev–Trinajstić information content (AvgIpc) is 3.02. The third kappa shape index (κ3) is 8.46. The summed E-state index contributed by atoms with van der Waals surface area (Å²) in [5.41, 5.74) is 2.28. The van der Waals surface area contributed by atoms with Crippen molar-refractivity contribution in [2.45, 2.75) is 20.8 Å². The molecule has 0 aliphatic rings. The van der Waals surface area contributed by atoms with Gasteiger partial charge in [-0.05, 0) is 55.0 Å². The second-order valence-electron chi connectivity index (χ2n) is 11.8. The van der Waals surface area contributed by atoms with Gasteiger partial charge in [0.25, 0.3) is 0 Å². The third-order valence-electron chi connectivity index (χ3n) is 6.99. The summed E-state index contributed by atoms with van der Waals surface area (Å²) in [5, 5.41) is 23.8. The number of para-hydroxylation sites is 1. The lowest BCUT2D eigenvalue weighted by molar-refractivity contribution is 0.254. The number of benzene rings is 4. The first-order valence-electron chi connectivity index (χ1n) is 14.8. The lowest BCUT2D eigenvalue weighted by Gasteiger charge is -2.20. The van der Waals surface area contributed by atoms with Crippen LogP contribution in [0, 0.1) is 10.8 Å². The summed E-state index contributed by atoms with van der Waals surface area (Å²) in [5.74, 6) is 1.77. The number of urea groups is 1. The van der Waals surface area contributed by atoms with Crippen LogP contribution in [0.3, 0.4) is 0 Å². The number of ether oxygens (including phenoxy) is 1. The molecule has 10 heteroatoms. The van der Waals surface area contributed by atoms with E-state index < -0.39 is 11.4 Å². The predicted octanol–water partition coefficient (Wildman–Crippen LogP) is 8.67. The Bertz CT molecular complexity index is 1890. The molecule has 0 saturated carbocycles. The highest BCUT2D eigenvalue weighted by atomic mass is 31.1. The van der Waals surface area contributed by atoms with E-state index in [2.05, 4.69) is 56.7 Å². The maximum Gasteiger partial charge on any atom is 0.324 e. The van der Waals surface area contributed by atoms with Crippen molar-refractivity contribution >= 4 is 58.8 Å². The number of fused-ring (bicyclic) bond motifs is 1. The van der Waals surface area contributed by atoms with Crippen LogP contribution in [0.2, 0.25) is 0 Å². The van der Waals surface area contributed by atoms with Crippen molar-refractivity contribution in [2.24, 2.45) is 5.41 Å². The predicted molar refractivity (Wildman–Crippen MR) is 192 cm³/mol. The third-order valence-corrected chi connectivity index (χ3v) is 8.30. The van der Waals surface area contributed by atoms with Gasteiger partial charge in [0.15, 0.2) is 0 Å². The normalized spacial score (nSPS) is 11.7. The maximum atomic E-state index is 13.4. The van der Waals surface area contributed by atoms with E-state index in [1.165, 1.54) is 5.30 Å². The van der Waals surface area contributed by atoms with Crippen LogP contribution in [0.1, 0.15) is 20.8 Å². The van der Waals surface area contributed by atoms with Crippen LogP contribution >= 0.6 is 7.92 Å². The van der Waals surface area contributed by atoms with E-state index in [-0.39, 0.29) is 7.92 Å². The van der Waals surface area contributed by atoms with Crippen molar-refractivity contribution in [3.8, 4) is 11.6 Å². The largest absolute Gasteiger partial charge is 0.438 e. The number of amides is 2. The highest BCUT2D eigenvalue weighted by Gasteiger charge is 2.18. The van der Waals surface area contributed by atoms with Crippen LogP contribution in [0.4, 0.5) is 27.8 Å². The molecule has 5 rings (SSSR count). The molecule has 2 amide bonds. The molecule has 46 heavy (non-hydrogen) atoms. The number of nitrogens with one attached hydrogen (secondary N) is 5. The number of hydrogen-bond donors (Lipinski definition) is 5. The summed E-state index contributed by atoms with van der Waals surface area (Å²) in [6, 6.07) is 30.3. The van der Waals surface area contributed by atoms with Crippen LogP contribution in [-0.4, -0.2) is 35.0 Å². The Hall–Kier alpha value is -5.27. The maximum absolute atomic E-state index is 13.4. The number of rotatable bonds is 10. The first kappa shape index (κ1) is 32.1. The molecular formula is C36H38N7O2P. The molecule has 0 bridgehead atoms. The Kier molecular flexibility index (Phi) is 9.94. The summed E-state index contributed by atoms with van der Waals surface area (Å²) < 4.78 is 6.20. The van der Waals surface area contributed by atoms with Crippen LogP contribution in [-0.2, 0) is 0 Å². The molecule has 5 N–H and O–H groups in total. The standard InChI is InChI=1S/C36H38N7O2P/c1-36(2,3)31(37)23-32(39-25-14-11-15-26(22-25)46(4)5)42-35(44)41-29-18-19-30(28-17-10-9-16-27(28)29)45-33-20-21-38-34(43-33)40-24-12-7-6-8-13-24/h6-23,37,39H,1-5H3,(H,38,40,43)(H2,41,42,44)/b32-23+,37-31?. The van der Waals surface area contributed by atoms with E-state index in [1.54, 1.807) is 30.5 Å². The lowest BCUT2D eigenvalue weighted by Crippen LogP contribution is -2.33. The van der Waals surface area contributed by atoms with Gasteiger partial charge in [0.05, 0.1) is 5.69 Å². The number of carbonyl (C=O) groups excluding carboxylic acids is 1. The van der Waals surface area contributed by atoms with Crippen LogP contribution in [0.25, 0.3) is 10.8 Å². The molecule has 0 unspecified atom stereocenters. The van der Waals surface area contributed by atoms with Gasteiger partial charge in [0.2, 0.25) is 11.8 Å². The van der Waals surface area contributed by atoms with Gasteiger partial charge in [-0.15, -0.1) is 0 Å². The number of aromatic nitrogens is 2. The molecule has 234 valence electrons. The number of hydrogen-bond acceptors (Lipinski definition) is 7. The summed E-state index contributed by atoms with van der Waals surface area (Å²) in [6.07, 6.45) is 3.29. The molecule has 0 atom stereocenters. The molecule has 0 aliphatic carbocycles. The van der Waals surface area contributed by atoms with Gasteiger partial charge in [-0.1, -0.05) is 83.3 Å². The monoisotopic (exact) mass is 631 g/mol. The zero-order chi connectivity index (χ0) is 32.7. The molecule has 0 aliphatic heterocycles. The summed E-state index contributed by atoms with van der Waals surface area (Å²) in [6.45, 7) is 10.3. The van der Waals surface area contributed by atoms with Gasteiger partial charge in [-0.25, -0.2) is 9.78 Å². The Balaban J connectivity index is 1.36. The van der Waals surface area contributed by atoms with Crippen LogP contribution in [0.5, 0.6) is 11.6 Å². The number of allylic oxidation sites excluding steroid dienone is 1. The van der Waals surface area contributed by atoms with E-state index in [0.29, 0.717) is 34.8 Å². The van der Waals surface area contributed by atoms with Gasteiger partial charge in [-0.2, -0.15) is 4.98 Å². The lowest BCUT2D eigenvalue weighted by atomic mass is 9.90. The van der Waals surface area contributed by atoms with Crippen molar-refractivity contribution in [1.29, 1.82) is 5.41 Å². The van der Waals surface area contributed by atoms with Crippen molar-refractivity contribution in [1.82, 2.24) is 15.3 Å². The van der Waals surface area contributed by atoms with E-state index in [4.69, 9.17) is 10.1 Å². The minimum Gasteiger partial charge on any atom is -0.438 e. The van der Waals surface area contributed by atoms with E-state index >= 15 is 0 Å². The van der Waals surface area contributed by atoms with Crippen LogP contribution in [0.15, 0.2) is 115 Å². The van der Waals surface area contributed by atoms with Gasteiger partial charge in [-0.3, -0.25) is 5.32 Å². The molecular weight excluding hydrogens is 593 g/mol. The number of nitrogens with zero attached hydrogens (tertiary/aromatic N) is 2. The van der Waals surface area contributed by atoms with E-state index in [0.717, 1.165) is 22.1 Å². The van der Waals surface area contributed by atoms with Crippen LogP contribution < -0.4 is 31.3 Å². The quantitative estimate of drug-likeness (QED) is 0.0776. The highest BCUT2D eigenvalue weighted by Crippen LogP contribution is 2.34. The summed E-state index contributed by atoms with van der Waals surface area (Å²) >= 11 is 0. The van der Waals surface area contributed by atoms with Crippen molar-refractivity contribution in [3.63, 3.8) is 0 Å². The SMILES string of the molecule is CP(C)c1cccc(N/C(=C\C(=N)C(C)(C)C)NC(=O)Nc2ccc(Oc3ccnc(Nc4ccccc4)n3)c3ccccc23)c1. The number of carbonyl (C=O) groups is 1. The van der Waals surface area contributed by atoms with Crippen molar-refractivity contribution in [2.75, 3.05) is 29.3 Å².